The van der Waals surface area contributed by atoms with Crippen molar-refractivity contribution in [2.45, 2.75) is 0 Å². The molecule has 3 heterocycles. The van der Waals surface area contributed by atoms with Crippen LogP contribution in [0, 0.1) is 0 Å². The highest BCUT2D eigenvalue weighted by Gasteiger charge is 2.22. The Morgan fingerprint density at radius 1 is 0.315 bits per heavy atom. The highest BCUT2D eigenvalue weighted by molar-refractivity contribution is 6.23. The lowest BCUT2D eigenvalue weighted by Gasteiger charge is -2.10. The van der Waals surface area contributed by atoms with Crippen LogP contribution in [0.3, 0.4) is 0 Å². The molecule has 0 radical (unpaired) electrons. The summed E-state index contributed by atoms with van der Waals surface area (Å²) in [7, 11) is 0. The van der Waals surface area contributed by atoms with Crippen molar-refractivity contribution in [1.82, 2.24) is 24.1 Å². The van der Waals surface area contributed by atoms with Gasteiger partial charge in [0.2, 0.25) is 0 Å². The van der Waals surface area contributed by atoms with Gasteiger partial charge < -0.3 is 9.13 Å². The Kier molecular flexibility index (Phi) is 6.79. The molecule has 11 aromatic rings. The van der Waals surface area contributed by atoms with Crippen molar-refractivity contribution in [2.24, 2.45) is 0 Å². The second-order valence-corrected chi connectivity index (χ2v) is 13.7. The molecule has 0 atom stereocenters. The molecular formula is C49H31N5. The molecule has 0 saturated heterocycles. The Balaban J connectivity index is 1.28. The summed E-state index contributed by atoms with van der Waals surface area (Å²) in [5.41, 5.74) is 9.59. The number of hydrogen-bond donors (Lipinski definition) is 0. The number of para-hydroxylation sites is 2. The van der Waals surface area contributed by atoms with E-state index in [1.807, 2.05) is 36.4 Å². The zero-order valence-electron chi connectivity index (χ0n) is 29.1. The van der Waals surface area contributed by atoms with Crippen molar-refractivity contribution in [3.05, 3.63) is 188 Å². The number of hydrogen-bond acceptors (Lipinski definition) is 3. The number of benzene rings is 8. The molecule has 0 aliphatic rings. The predicted molar refractivity (Wildman–Crippen MR) is 222 cm³/mol. The van der Waals surface area contributed by atoms with Crippen LogP contribution in [0.5, 0.6) is 0 Å². The topological polar surface area (TPSA) is 48.5 Å². The minimum absolute atomic E-state index is 0.637. The van der Waals surface area contributed by atoms with Crippen LogP contribution in [-0.2, 0) is 0 Å². The summed E-state index contributed by atoms with van der Waals surface area (Å²) in [6.07, 6.45) is 0. The minimum Gasteiger partial charge on any atom is -0.309 e. The van der Waals surface area contributed by atoms with Crippen LogP contribution in [0.2, 0.25) is 0 Å². The molecule has 8 aromatic carbocycles. The average Bonchev–Trinajstić information content (AvgIpc) is 3.74. The monoisotopic (exact) mass is 689 g/mol. The molecule has 0 aliphatic heterocycles. The molecule has 0 unspecified atom stereocenters. The lowest BCUT2D eigenvalue weighted by atomic mass is 10.0. The summed E-state index contributed by atoms with van der Waals surface area (Å²) < 4.78 is 4.79. The summed E-state index contributed by atoms with van der Waals surface area (Å²) >= 11 is 0. The van der Waals surface area contributed by atoms with E-state index in [9.17, 15) is 0 Å². The molecule has 0 N–H and O–H groups in total. The van der Waals surface area contributed by atoms with Crippen molar-refractivity contribution >= 4 is 54.4 Å². The molecule has 0 amide bonds. The van der Waals surface area contributed by atoms with Gasteiger partial charge in [0.1, 0.15) is 0 Å². The molecule has 0 aliphatic carbocycles. The Labute approximate surface area is 311 Å². The van der Waals surface area contributed by atoms with Crippen LogP contribution in [0.1, 0.15) is 0 Å². The highest BCUT2D eigenvalue weighted by atomic mass is 15.0. The van der Waals surface area contributed by atoms with Gasteiger partial charge in [0.05, 0.1) is 22.1 Å². The van der Waals surface area contributed by atoms with E-state index in [1.54, 1.807) is 0 Å². The number of fused-ring (bicyclic) bond motifs is 7. The van der Waals surface area contributed by atoms with E-state index in [4.69, 9.17) is 15.0 Å². The van der Waals surface area contributed by atoms with Gasteiger partial charge in [-0.2, -0.15) is 0 Å². The van der Waals surface area contributed by atoms with E-state index in [0.717, 1.165) is 55.4 Å². The Hall–Kier alpha value is -7.37. The Bertz CT molecular complexity index is 3130. The summed E-state index contributed by atoms with van der Waals surface area (Å²) in [5, 5.41) is 7.08. The van der Waals surface area contributed by atoms with Gasteiger partial charge in [0.15, 0.2) is 17.5 Å². The summed E-state index contributed by atoms with van der Waals surface area (Å²) in [4.78, 5) is 15.4. The van der Waals surface area contributed by atoms with Crippen LogP contribution < -0.4 is 0 Å². The lowest BCUT2D eigenvalue weighted by Crippen LogP contribution is -2.00. The normalized spacial score (nSPS) is 11.7. The molecule has 5 heteroatoms. The SMILES string of the molecule is c1ccc(-c2nc(-c3ccccc3)nc(-c3cccc4c3c3cc5c6cc7ccccc7cc6n(-c6ccccc6)c5cc3n4-c3ccccc3)n2)cc1. The van der Waals surface area contributed by atoms with Crippen LogP contribution in [-0.4, -0.2) is 24.1 Å². The van der Waals surface area contributed by atoms with E-state index in [2.05, 4.69) is 161 Å². The molecule has 54 heavy (non-hydrogen) atoms. The van der Waals surface area contributed by atoms with E-state index < -0.39 is 0 Å². The zero-order chi connectivity index (χ0) is 35.6. The van der Waals surface area contributed by atoms with Gasteiger partial charge in [-0.3, -0.25) is 0 Å². The summed E-state index contributed by atoms with van der Waals surface area (Å²) in [5.74, 6) is 1.92. The summed E-state index contributed by atoms with van der Waals surface area (Å²) in [6, 6.07) is 66.2. The van der Waals surface area contributed by atoms with Crippen molar-refractivity contribution < 1.29 is 0 Å². The van der Waals surface area contributed by atoms with Gasteiger partial charge in [-0.05, 0) is 65.4 Å². The zero-order valence-corrected chi connectivity index (χ0v) is 29.1. The van der Waals surface area contributed by atoms with Crippen LogP contribution in [0.15, 0.2) is 188 Å². The van der Waals surface area contributed by atoms with E-state index in [-0.39, 0.29) is 0 Å². The molecule has 0 bridgehead atoms. The highest BCUT2D eigenvalue weighted by Crippen LogP contribution is 2.43. The first-order valence-electron chi connectivity index (χ1n) is 18.2. The standard InChI is InChI=1S/C49H31N5/c1-5-16-32(17-6-1)47-50-48(33-18-7-2-8-19-33)52-49(51-47)38-26-15-27-42-46(38)41-30-40-39-28-34-20-13-14-21-35(34)29-43(39)54(37-24-11-4-12-25-37)44(40)31-45(41)53(42)36-22-9-3-10-23-36/h1-31H. The largest absolute Gasteiger partial charge is 0.309 e. The second-order valence-electron chi connectivity index (χ2n) is 13.7. The van der Waals surface area contributed by atoms with E-state index >= 15 is 0 Å². The third-order valence-corrected chi connectivity index (χ3v) is 10.5. The number of nitrogens with zero attached hydrogens (tertiary/aromatic N) is 5. The maximum Gasteiger partial charge on any atom is 0.164 e. The van der Waals surface area contributed by atoms with Gasteiger partial charge in [0, 0.05) is 49.6 Å². The van der Waals surface area contributed by atoms with Crippen molar-refractivity contribution in [2.75, 3.05) is 0 Å². The van der Waals surface area contributed by atoms with Crippen LogP contribution >= 0.6 is 0 Å². The minimum atomic E-state index is 0.637. The van der Waals surface area contributed by atoms with E-state index in [1.165, 1.54) is 27.1 Å². The molecule has 11 rings (SSSR count). The molecule has 0 spiro atoms. The average molecular weight is 690 g/mol. The molecular weight excluding hydrogens is 659 g/mol. The van der Waals surface area contributed by atoms with Crippen molar-refractivity contribution in [1.29, 1.82) is 0 Å². The summed E-state index contributed by atoms with van der Waals surface area (Å²) in [6.45, 7) is 0. The number of aromatic nitrogens is 5. The first-order valence-corrected chi connectivity index (χ1v) is 18.2. The van der Waals surface area contributed by atoms with Gasteiger partial charge in [-0.25, -0.2) is 15.0 Å². The first-order chi connectivity index (χ1) is 26.8. The van der Waals surface area contributed by atoms with Gasteiger partial charge >= 0.3 is 0 Å². The number of rotatable bonds is 5. The Morgan fingerprint density at radius 2 is 0.778 bits per heavy atom. The first kappa shape index (κ1) is 30.3. The molecule has 252 valence electrons. The van der Waals surface area contributed by atoms with Gasteiger partial charge in [-0.1, -0.05) is 133 Å². The molecule has 0 saturated carbocycles. The quantitative estimate of drug-likeness (QED) is 0.181. The predicted octanol–water partition coefficient (Wildman–Crippen LogP) is 12.2. The fraction of sp³-hybridized carbons (Fsp3) is 0. The maximum atomic E-state index is 5.19. The van der Waals surface area contributed by atoms with Crippen molar-refractivity contribution in [3.8, 4) is 45.5 Å². The second kappa shape index (κ2) is 12.1. The molecule has 5 nitrogen and oxygen atoms in total. The third kappa shape index (κ3) is 4.76. The van der Waals surface area contributed by atoms with Gasteiger partial charge in [0.25, 0.3) is 0 Å². The fourth-order valence-electron chi connectivity index (χ4n) is 8.09. The maximum absolute atomic E-state index is 5.19. The smallest absolute Gasteiger partial charge is 0.164 e. The van der Waals surface area contributed by atoms with Crippen LogP contribution in [0.25, 0.3) is 99.9 Å². The van der Waals surface area contributed by atoms with Gasteiger partial charge in [-0.15, -0.1) is 0 Å². The Morgan fingerprint density at radius 3 is 1.39 bits per heavy atom. The van der Waals surface area contributed by atoms with Crippen LogP contribution in [0.4, 0.5) is 0 Å². The molecule has 0 fully saturated rings. The lowest BCUT2D eigenvalue weighted by molar-refractivity contribution is 1.08. The third-order valence-electron chi connectivity index (χ3n) is 10.5. The van der Waals surface area contributed by atoms with Crippen molar-refractivity contribution in [3.63, 3.8) is 0 Å². The fourth-order valence-corrected chi connectivity index (χ4v) is 8.09. The molecule has 3 aromatic heterocycles. The van der Waals surface area contributed by atoms with E-state index in [0.29, 0.717) is 17.5 Å².